The number of rotatable bonds is 8. The second-order valence-corrected chi connectivity index (χ2v) is 3.86. The maximum atomic E-state index is 11.4. The van der Waals surface area contributed by atoms with Gasteiger partial charge in [-0.25, -0.2) is 4.79 Å². The molecule has 106 valence electrons. The van der Waals surface area contributed by atoms with E-state index in [-0.39, 0.29) is 12.5 Å². The maximum absolute atomic E-state index is 11.4. The standard InChI is InChI=1S/C11H18N4O4/c1-19-6-5-15-8-9(7-13-15)14-11(18)12-4-2-3-10(16)17/h7-8H,2-6H2,1H3,(H,16,17)(H2,12,14,18). The molecule has 3 N–H and O–H groups in total. The molecule has 0 unspecified atom stereocenters. The number of aliphatic carboxylic acids is 1. The Hall–Kier alpha value is -2.09. The van der Waals surface area contributed by atoms with Crippen molar-refractivity contribution >= 4 is 17.7 Å². The highest BCUT2D eigenvalue weighted by atomic mass is 16.5. The Balaban J connectivity index is 2.24. The fourth-order valence-electron chi connectivity index (χ4n) is 1.35. The van der Waals surface area contributed by atoms with E-state index >= 15 is 0 Å². The zero-order valence-corrected chi connectivity index (χ0v) is 10.8. The van der Waals surface area contributed by atoms with Gasteiger partial charge in [0, 0.05) is 26.3 Å². The van der Waals surface area contributed by atoms with Crippen molar-refractivity contribution in [3.8, 4) is 0 Å². The smallest absolute Gasteiger partial charge is 0.319 e. The Kier molecular flexibility index (Phi) is 6.37. The molecule has 0 saturated heterocycles. The van der Waals surface area contributed by atoms with Gasteiger partial charge in [0.25, 0.3) is 0 Å². The molecule has 2 amide bonds. The van der Waals surface area contributed by atoms with Crippen molar-refractivity contribution in [3.05, 3.63) is 12.4 Å². The normalized spacial score (nSPS) is 10.2. The second kappa shape index (κ2) is 8.09. The Labute approximate surface area is 110 Å². The van der Waals surface area contributed by atoms with Crippen LogP contribution in [0.5, 0.6) is 0 Å². The number of carboxylic acids is 1. The van der Waals surface area contributed by atoms with Crippen molar-refractivity contribution in [2.24, 2.45) is 0 Å². The van der Waals surface area contributed by atoms with E-state index in [1.807, 2.05) is 0 Å². The molecule has 0 bridgehead atoms. The number of carboxylic acid groups (broad SMARTS) is 1. The molecular weight excluding hydrogens is 252 g/mol. The molecule has 0 aliphatic rings. The van der Waals surface area contributed by atoms with Crippen molar-refractivity contribution in [1.29, 1.82) is 0 Å². The number of nitrogens with zero attached hydrogens (tertiary/aromatic N) is 2. The van der Waals surface area contributed by atoms with E-state index in [1.54, 1.807) is 18.0 Å². The van der Waals surface area contributed by atoms with Crippen LogP contribution in [0.3, 0.4) is 0 Å². The van der Waals surface area contributed by atoms with E-state index in [9.17, 15) is 9.59 Å². The van der Waals surface area contributed by atoms with Gasteiger partial charge in [0.05, 0.1) is 25.0 Å². The van der Waals surface area contributed by atoms with Crippen LogP contribution < -0.4 is 10.6 Å². The first kappa shape index (κ1) is 15.0. The van der Waals surface area contributed by atoms with Gasteiger partial charge in [-0.1, -0.05) is 0 Å². The highest BCUT2D eigenvalue weighted by Gasteiger charge is 2.04. The number of aromatic nitrogens is 2. The first-order valence-electron chi connectivity index (χ1n) is 5.90. The van der Waals surface area contributed by atoms with Crippen LogP contribution in [-0.2, 0) is 16.1 Å². The Morgan fingerprint density at radius 2 is 2.32 bits per heavy atom. The third-order valence-corrected chi connectivity index (χ3v) is 2.27. The minimum atomic E-state index is -0.873. The summed E-state index contributed by atoms with van der Waals surface area (Å²) in [7, 11) is 1.60. The lowest BCUT2D eigenvalue weighted by atomic mass is 10.3. The number of amides is 2. The van der Waals surface area contributed by atoms with Gasteiger partial charge in [0.1, 0.15) is 0 Å². The predicted molar refractivity (Wildman–Crippen MR) is 68.0 cm³/mol. The predicted octanol–water partition coefficient (Wildman–Crippen LogP) is 0.516. The van der Waals surface area contributed by atoms with E-state index in [1.165, 1.54) is 6.20 Å². The number of ether oxygens (including phenoxy) is 1. The van der Waals surface area contributed by atoms with Crippen molar-refractivity contribution < 1.29 is 19.4 Å². The van der Waals surface area contributed by atoms with Crippen LogP contribution in [0.1, 0.15) is 12.8 Å². The monoisotopic (exact) mass is 270 g/mol. The van der Waals surface area contributed by atoms with E-state index < -0.39 is 5.97 Å². The second-order valence-electron chi connectivity index (χ2n) is 3.86. The zero-order chi connectivity index (χ0) is 14.1. The summed E-state index contributed by atoms with van der Waals surface area (Å²) >= 11 is 0. The van der Waals surface area contributed by atoms with Crippen LogP contribution in [0.2, 0.25) is 0 Å². The van der Waals surface area contributed by atoms with E-state index in [2.05, 4.69) is 15.7 Å². The third-order valence-electron chi connectivity index (χ3n) is 2.27. The third kappa shape index (κ3) is 6.41. The van der Waals surface area contributed by atoms with Crippen molar-refractivity contribution in [3.63, 3.8) is 0 Å². The first-order chi connectivity index (χ1) is 9.11. The molecule has 1 aromatic rings. The van der Waals surface area contributed by atoms with Gasteiger partial charge < -0.3 is 20.5 Å². The van der Waals surface area contributed by atoms with Gasteiger partial charge in [-0.3, -0.25) is 9.48 Å². The summed E-state index contributed by atoms with van der Waals surface area (Å²) < 4.78 is 6.57. The van der Waals surface area contributed by atoms with E-state index in [0.717, 1.165) is 0 Å². The molecule has 0 aliphatic heterocycles. The van der Waals surface area contributed by atoms with Gasteiger partial charge in [0.15, 0.2) is 0 Å². The number of carbonyl (C=O) groups is 2. The van der Waals surface area contributed by atoms with Crippen LogP contribution in [-0.4, -0.2) is 47.1 Å². The number of carbonyl (C=O) groups excluding carboxylic acids is 1. The number of hydrogen-bond acceptors (Lipinski definition) is 4. The average molecular weight is 270 g/mol. The number of methoxy groups -OCH3 is 1. The highest BCUT2D eigenvalue weighted by Crippen LogP contribution is 2.04. The summed E-state index contributed by atoms with van der Waals surface area (Å²) in [4.78, 5) is 21.7. The summed E-state index contributed by atoms with van der Waals surface area (Å²) in [6.07, 6.45) is 3.66. The molecule has 0 aromatic carbocycles. The average Bonchev–Trinajstić information content (AvgIpc) is 2.79. The topological polar surface area (TPSA) is 105 Å². The van der Waals surface area contributed by atoms with Crippen LogP contribution >= 0.6 is 0 Å². The summed E-state index contributed by atoms with van der Waals surface area (Å²) in [5, 5.41) is 17.6. The molecule has 0 atom stereocenters. The number of hydrogen-bond donors (Lipinski definition) is 3. The van der Waals surface area contributed by atoms with Crippen LogP contribution in [0.15, 0.2) is 12.4 Å². The van der Waals surface area contributed by atoms with Crippen LogP contribution in [0, 0.1) is 0 Å². The van der Waals surface area contributed by atoms with Crippen LogP contribution in [0.25, 0.3) is 0 Å². The Morgan fingerprint density at radius 3 is 3.00 bits per heavy atom. The molecule has 8 heteroatoms. The molecule has 0 aliphatic carbocycles. The lowest BCUT2D eigenvalue weighted by Crippen LogP contribution is -2.29. The molecule has 1 aromatic heterocycles. The van der Waals surface area contributed by atoms with Gasteiger partial charge in [-0.05, 0) is 6.42 Å². The van der Waals surface area contributed by atoms with Crippen molar-refractivity contribution in [1.82, 2.24) is 15.1 Å². The summed E-state index contributed by atoms with van der Waals surface area (Å²) in [6.45, 7) is 1.47. The number of nitrogens with one attached hydrogen (secondary N) is 2. The summed E-state index contributed by atoms with van der Waals surface area (Å²) in [5.74, 6) is -0.873. The molecule has 0 saturated carbocycles. The Morgan fingerprint density at radius 1 is 1.53 bits per heavy atom. The molecular formula is C11H18N4O4. The van der Waals surface area contributed by atoms with Crippen LogP contribution in [0.4, 0.5) is 10.5 Å². The molecule has 8 nitrogen and oxygen atoms in total. The van der Waals surface area contributed by atoms with E-state index in [4.69, 9.17) is 9.84 Å². The highest BCUT2D eigenvalue weighted by molar-refractivity contribution is 5.88. The fourth-order valence-corrected chi connectivity index (χ4v) is 1.35. The molecule has 19 heavy (non-hydrogen) atoms. The zero-order valence-electron chi connectivity index (χ0n) is 10.8. The van der Waals surface area contributed by atoms with Gasteiger partial charge in [-0.2, -0.15) is 5.10 Å². The molecule has 0 fully saturated rings. The van der Waals surface area contributed by atoms with Gasteiger partial charge in [-0.15, -0.1) is 0 Å². The first-order valence-corrected chi connectivity index (χ1v) is 5.90. The Bertz CT molecular complexity index is 419. The molecule has 1 rings (SSSR count). The lowest BCUT2D eigenvalue weighted by Gasteiger charge is -2.04. The maximum Gasteiger partial charge on any atom is 0.319 e. The van der Waals surface area contributed by atoms with Gasteiger partial charge in [0.2, 0.25) is 0 Å². The minimum Gasteiger partial charge on any atom is -0.481 e. The quantitative estimate of drug-likeness (QED) is 0.597. The lowest BCUT2D eigenvalue weighted by molar-refractivity contribution is -0.137. The molecule has 1 heterocycles. The summed E-state index contributed by atoms with van der Waals surface area (Å²) in [5.41, 5.74) is 0.576. The van der Waals surface area contributed by atoms with E-state index in [0.29, 0.717) is 31.8 Å². The molecule has 0 radical (unpaired) electrons. The largest absolute Gasteiger partial charge is 0.481 e. The fraction of sp³-hybridized carbons (Fsp3) is 0.545. The molecule has 0 spiro atoms. The minimum absolute atomic E-state index is 0.0369. The number of anilines is 1. The van der Waals surface area contributed by atoms with Gasteiger partial charge >= 0.3 is 12.0 Å². The van der Waals surface area contributed by atoms with Crippen molar-refractivity contribution in [2.45, 2.75) is 19.4 Å². The van der Waals surface area contributed by atoms with Crippen molar-refractivity contribution in [2.75, 3.05) is 25.6 Å². The number of urea groups is 1. The summed E-state index contributed by atoms with van der Waals surface area (Å²) in [6, 6.07) is -0.378. The SMILES string of the molecule is COCCn1cc(NC(=O)NCCCC(=O)O)cn1.